The minimum atomic E-state index is 0.618. The predicted molar refractivity (Wildman–Crippen MR) is 75.5 cm³/mol. The highest BCUT2D eigenvalue weighted by molar-refractivity contribution is 4.86. The summed E-state index contributed by atoms with van der Waals surface area (Å²) < 4.78 is 0. The van der Waals surface area contributed by atoms with Gasteiger partial charge in [0.15, 0.2) is 0 Å². The number of nitrogens with one attached hydrogen (secondary N) is 1. The third-order valence-corrected chi connectivity index (χ3v) is 4.33. The summed E-state index contributed by atoms with van der Waals surface area (Å²) in [5.74, 6) is 0. The van der Waals surface area contributed by atoms with Crippen molar-refractivity contribution in [1.82, 2.24) is 15.1 Å². The molecule has 1 aliphatic heterocycles. The third-order valence-electron chi connectivity index (χ3n) is 4.33. The second-order valence-corrected chi connectivity index (χ2v) is 5.46. The van der Waals surface area contributed by atoms with Gasteiger partial charge >= 0.3 is 0 Å². The summed E-state index contributed by atoms with van der Waals surface area (Å²) in [6.07, 6.45) is 3.77. The number of nitrogens with zero attached hydrogens (tertiary/aromatic N) is 2. The minimum absolute atomic E-state index is 0.618. The van der Waals surface area contributed by atoms with Crippen molar-refractivity contribution in [3.63, 3.8) is 0 Å². The molecule has 102 valence electrons. The van der Waals surface area contributed by atoms with Gasteiger partial charge in [-0.15, -0.1) is 0 Å². The molecule has 17 heavy (non-hydrogen) atoms. The first-order valence-corrected chi connectivity index (χ1v) is 7.25. The minimum Gasteiger partial charge on any atom is -0.315 e. The fourth-order valence-corrected chi connectivity index (χ4v) is 3.18. The Labute approximate surface area is 108 Å². The van der Waals surface area contributed by atoms with Gasteiger partial charge in [0, 0.05) is 31.2 Å². The Morgan fingerprint density at radius 3 is 2.53 bits per heavy atom. The normalized spacial score (nSPS) is 27.7. The zero-order chi connectivity index (χ0) is 12.8. The number of hydrogen-bond acceptors (Lipinski definition) is 3. The van der Waals surface area contributed by atoms with Crippen molar-refractivity contribution in [3.8, 4) is 0 Å². The SMILES string of the molecule is CCC(NC)C(C)N1CCCN(C)CC1CC. The van der Waals surface area contributed by atoms with E-state index < -0.39 is 0 Å². The van der Waals surface area contributed by atoms with Crippen LogP contribution in [0.15, 0.2) is 0 Å². The number of rotatable bonds is 5. The van der Waals surface area contributed by atoms with Gasteiger partial charge in [-0.2, -0.15) is 0 Å². The molecule has 0 bridgehead atoms. The highest BCUT2D eigenvalue weighted by Crippen LogP contribution is 2.18. The van der Waals surface area contributed by atoms with Gasteiger partial charge in [0.1, 0.15) is 0 Å². The topological polar surface area (TPSA) is 18.5 Å². The van der Waals surface area contributed by atoms with Gasteiger partial charge in [-0.1, -0.05) is 13.8 Å². The smallest absolute Gasteiger partial charge is 0.0224 e. The highest BCUT2D eigenvalue weighted by atomic mass is 15.3. The first kappa shape index (κ1) is 14.9. The zero-order valence-corrected chi connectivity index (χ0v) is 12.4. The molecule has 0 radical (unpaired) electrons. The Bertz CT molecular complexity index is 204. The fraction of sp³-hybridized carbons (Fsp3) is 1.00. The van der Waals surface area contributed by atoms with E-state index in [9.17, 15) is 0 Å². The maximum absolute atomic E-state index is 3.47. The van der Waals surface area contributed by atoms with Gasteiger partial charge in [0.2, 0.25) is 0 Å². The van der Waals surface area contributed by atoms with E-state index >= 15 is 0 Å². The van der Waals surface area contributed by atoms with E-state index in [4.69, 9.17) is 0 Å². The molecule has 0 saturated carbocycles. The number of likely N-dealkylation sites (N-methyl/N-ethyl adjacent to an activating group) is 2. The monoisotopic (exact) mass is 241 g/mol. The molecule has 0 aromatic carbocycles. The van der Waals surface area contributed by atoms with Crippen molar-refractivity contribution < 1.29 is 0 Å². The molecule has 1 rings (SSSR count). The Morgan fingerprint density at radius 2 is 2.00 bits per heavy atom. The van der Waals surface area contributed by atoms with Gasteiger partial charge < -0.3 is 10.2 Å². The Balaban J connectivity index is 2.70. The standard InChI is InChI=1S/C14H31N3/c1-6-13-11-16(5)9-8-10-17(13)12(3)14(7-2)15-4/h12-15H,6-11H2,1-5H3. The van der Waals surface area contributed by atoms with E-state index in [1.165, 1.54) is 38.9 Å². The van der Waals surface area contributed by atoms with Crippen molar-refractivity contribution in [3.05, 3.63) is 0 Å². The summed E-state index contributed by atoms with van der Waals surface area (Å²) in [6, 6.07) is 1.98. The fourth-order valence-electron chi connectivity index (χ4n) is 3.18. The largest absolute Gasteiger partial charge is 0.315 e. The van der Waals surface area contributed by atoms with Gasteiger partial charge in [-0.3, -0.25) is 4.90 Å². The highest BCUT2D eigenvalue weighted by Gasteiger charge is 2.28. The van der Waals surface area contributed by atoms with Gasteiger partial charge in [-0.25, -0.2) is 0 Å². The first-order valence-electron chi connectivity index (χ1n) is 7.25. The molecule has 3 nitrogen and oxygen atoms in total. The van der Waals surface area contributed by atoms with E-state index in [2.05, 4.69) is 50.0 Å². The van der Waals surface area contributed by atoms with Crippen molar-refractivity contribution in [1.29, 1.82) is 0 Å². The lowest BCUT2D eigenvalue weighted by Crippen LogP contribution is -2.52. The second kappa shape index (κ2) is 7.34. The first-order chi connectivity index (χ1) is 8.13. The van der Waals surface area contributed by atoms with Crippen LogP contribution in [0.25, 0.3) is 0 Å². The van der Waals surface area contributed by atoms with Crippen LogP contribution in [0.1, 0.15) is 40.0 Å². The third kappa shape index (κ3) is 3.94. The molecule has 1 saturated heterocycles. The molecular formula is C14H31N3. The molecule has 1 heterocycles. The lowest BCUT2D eigenvalue weighted by molar-refractivity contribution is 0.111. The summed E-state index contributed by atoms with van der Waals surface area (Å²) in [5, 5.41) is 3.47. The quantitative estimate of drug-likeness (QED) is 0.792. The number of hydrogen-bond donors (Lipinski definition) is 1. The van der Waals surface area contributed by atoms with Gasteiger partial charge in [-0.05, 0) is 46.8 Å². The molecule has 0 aromatic rings. The molecule has 0 aromatic heterocycles. The summed E-state index contributed by atoms with van der Waals surface area (Å²) in [7, 11) is 4.35. The van der Waals surface area contributed by atoms with Crippen LogP contribution < -0.4 is 5.32 Å². The molecular weight excluding hydrogens is 210 g/mol. The Kier molecular flexibility index (Phi) is 6.45. The van der Waals surface area contributed by atoms with Crippen LogP contribution in [0.5, 0.6) is 0 Å². The Hall–Kier alpha value is -0.120. The van der Waals surface area contributed by atoms with Crippen LogP contribution in [0.2, 0.25) is 0 Å². The van der Waals surface area contributed by atoms with E-state index in [1.54, 1.807) is 0 Å². The van der Waals surface area contributed by atoms with Crippen molar-refractivity contribution in [2.45, 2.75) is 58.2 Å². The maximum Gasteiger partial charge on any atom is 0.0224 e. The molecule has 3 atom stereocenters. The lowest BCUT2D eigenvalue weighted by atomic mass is 10.0. The predicted octanol–water partition coefficient (Wildman–Crippen LogP) is 1.79. The van der Waals surface area contributed by atoms with E-state index in [0.29, 0.717) is 12.1 Å². The maximum atomic E-state index is 3.47. The van der Waals surface area contributed by atoms with E-state index in [1.807, 2.05) is 0 Å². The van der Waals surface area contributed by atoms with Crippen molar-refractivity contribution >= 4 is 0 Å². The molecule has 3 heteroatoms. The van der Waals surface area contributed by atoms with Crippen LogP contribution in [0.4, 0.5) is 0 Å². The Morgan fingerprint density at radius 1 is 1.29 bits per heavy atom. The molecule has 1 aliphatic rings. The summed E-state index contributed by atoms with van der Waals surface area (Å²) in [5.41, 5.74) is 0. The summed E-state index contributed by atoms with van der Waals surface area (Å²) in [6.45, 7) is 10.7. The molecule has 3 unspecified atom stereocenters. The van der Waals surface area contributed by atoms with E-state index in [0.717, 1.165) is 6.04 Å². The zero-order valence-electron chi connectivity index (χ0n) is 12.4. The average molecular weight is 241 g/mol. The van der Waals surface area contributed by atoms with Crippen LogP contribution in [0, 0.1) is 0 Å². The summed E-state index contributed by atoms with van der Waals surface area (Å²) >= 11 is 0. The molecule has 0 spiro atoms. The molecule has 1 fully saturated rings. The van der Waals surface area contributed by atoms with Crippen LogP contribution in [-0.2, 0) is 0 Å². The van der Waals surface area contributed by atoms with Crippen LogP contribution >= 0.6 is 0 Å². The van der Waals surface area contributed by atoms with Crippen molar-refractivity contribution in [2.24, 2.45) is 0 Å². The van der Waals surface area contributed by atoms with Crippen molar-refractivity contribution in [2.75, 3.05) is 33.7 Å². The van der Waals surface area contributed by atoms with Gasteiger partial charge in [0.05, 0.1) is 0 Å². The van der Waals surface area contributed by atoms with Crippen LogP contribution in [0.3, 0.4) is 0 Å². The molecule has 1 N–H and O–H groups in total. The average Bonchev–Trinajstić information content (AvgIpc) is 2.51. The van der Waals surface area contributed by atoms with Gasteiger partial charge in [0.25, 0.3) is 0 Å². The second-order valence-electron chi connectivity index (χ2n) is 5.46. The van der Waals surface area contributed by atoms with Crippen LogP contribution in [-0.4, -0.2) is 61.7 Å². The molecule has 0 amide bonds. The lowest BCUT2D eigenvalue weighted by Gasteiger charge is -2.39. The van der Waals surface area contributed by atoms with E-state index in [-0.39, 0.29) is 0 Å². The molecule has 0 aliphatic carbocycles. The summed E-state index contributed by atoms with van der Waals surface area (Å²) in [4.78, 5) is 5.22.